The highest BCUT2D eigenvalue weighted by molar-refractivity contribution is 5.89. The fraction of sp³-hybridized carbons (Fsp3) is 0.393. The van der Waals surface area contributed by atoms with Crippen LogP contribution in [0.4, 0.5) is 19.1 Å². The number of halogens is 3. The van der Waals surface area contributed by atoms with Crippen molar-refractivity contribution in [2.24, 2.45) is 0 Å². The number of esters is 1. The van der Waals surface area contributed by atoms with E-state index < -0.39 is 23.3 Å². The molecule has 0 radical (unpaired) electrons. The van der Waals surface area contributed by atoms with Crippen LogP contribution in [0.2, 0.25) is 0 Å². The van der Waals surface area contributed by atoms with Crippen molar-refractivity contribution in [3.05, 3.63) is 81.6 Å². The maximum Gasteiger partial charge on any atom is 0.416 e. The van der Waals surface area contributed by atoms with Gasteiger partial charge in [0, 0.05) is 18.2 Å². The lowest BCUT2D eigenvalue weighted by atomic mass is 10.1. The molecule has 0 saturated carbocycles. The molecule has 1 aromatic heterocycles. The lowest BCUT2D eigenvalue weighted by Crippen LogP contribution is -2.26. The van der Waals surface area contributed by atoms with Gasteiger partial charge in [0.15, 0.2) is 0 Å². The third-order valence-electron chi connectivity index (χ3n) is 5.48. The number of anilines is 1. The van der Waals surface area contributed by atoms with Crippen molar-refractivity contribution in [1.82, 2.24) is 9.55 Å². The summed E-state index contributed by atoms with van der Waals surface area (Å²) in [6.45, 7) is 8.16. The Kier molecular flexibility index (Phi) is 8.78. The van der Waals surface area contributed by atoms with Crippen molar-refractivity contribution in [2.75, 3.05) is 11.9 Å². The Morgan fingerprint density at radius 2 is 1.73 bits per heavy atom. The lowest BCUT2D eigenvalue weighted by molar-refractivity contribution is -0.137. The number of nitrogens with one attached hydrogen (secondary N) is 1. The minimum absolute atomic E-state index is 0.145. The van der Waals surface area contributed by atoms with Crippen LogP contribution in [0, 0.1) is 0 Å². The van der Waals surface area contributed by atoms with Crippen molar-refractivity contribution in [3.8, 4) is 11.3 Å². The van der Waals surface area contributed by atoms with E-state index in [2.05, 4.69) is 17.2 Å². The number of alkyl halides is 3. The molecule has 1 heterocycles. The van der Waals surface area contributed by atoms with E-state index in [1.807, 2.05) is 0 Å². The molecule has 9 heteroatoms. The summed E-state index contributed by atoms with van der Waals surface area (Å²) < 4.78 is 45.8. The molecule has 6 nitrogen and oxygen atoms in total. The number of ether oxygens (including phenoxy) is 1. The highest BCUT2D eigenvalue weighted by Gasteiger charge is 2.30. The molecule has 3 aromatic rings. The third kappa shape index (κ3) is 7.93. The van der Waals surface area contributed by atoms with E-state index in [0.717, 1.165) is 31.4 Å². The second kappa shape index (κ2) is 11.6. The second-order valence-electron chi connectivity index (χ2n) is 9.80. The molecule has 0 unspecified atom stereocenters. The molecule has 3 rings (SSSR count). The molecule has 0 atom stereocenters. The first kappa shape index (κ1) is 28.0. The van der Waals surface area contributed by atoms with Gasteiger partial charge in [0.25, 0.3) is 5.56 Å². The average Bonchev–Trinajstić information content (AvgIpc) is 2.82. The molecule has 0 aliphatic rings. The summed E-state index contributed by atoms with van der Waals surface area (Å²) in [5, 5.41) is 3.20. The fourth-order valence-corrected chi connectivity index (χ4v) is 3.66. The van der Waals surface area contributed by atoms with E-state index in [1.165, 1.54) is 22.8 Å². The van der Waals surface area contributed by atoms with Crippen LogP contribution in [0.25, 0.3) is 11.3 Å². The minimum Gasteiger partial charge on any atom is -0.456 e. The molecule has 2 aromatic carbocycles. The van der Waals surface area contributed by atoms with Gasteiger partial charge in [-0.15, -0.1) is 0 Å². The van der Waals surface area contributed by atoms with Gasteiger partial charge >= 0.3 is 12.1 Å². The first-order chi connectivity index (χ1) is 17.4. The van der Waals surface area contributed by atoms with Crippen LogP contribution in [-0.4, -0.2) is 27.7 Å². The molecule has 1 N–H and O–H groups in total. The topological polar surface area (TPSA) is 73.2 Å². The molecule has 0 aliphatic carbocycles. The summed E-state index contributed by atoms with van der Waals surface area (Å²) >= 11 is 0. The second-order valence-corrected chi connectivity index (χ2v) is 9.80. The Hall–Kier alpha value is -3.62. The number of benzene rings is 2. The molecule has 198 valence electrons. The molecule has 0 amide bonds. The van der Waals surface area contributed by atoms with Crippen molar-refractivity contribution >= 4 is 11.9 Å². The molecule has 0 saturated heterocycles. The van der Waals surface area contributed by atoms with Crippen LogP contribution in [0.1, 0.15) is 68.4 Å². The number of nitrogens with zero attached hydrogens (tertiary/aromatic N) is 2. The Bertz CT molecular complexity index is 1280. The zero-order valence-corrected chi connectivity index (χ0v) is 21.5. The molecule has 0 fully saturated rings. The highest BCUT2D eigenvalue weighted by atomic mass is 19.4. The van der Waals surface area contributed by atoms with Crippen molar-refractivity contribution in [3.63, 3.8) is 0 Å². The predicted molar refractivity (Wildman–Crippen MR) is 138 cm³/mol. The first-order valence-corrected chi connectivity index (χ1v) is 12.2. The molecular weight excluding hydrogens is 483 g/mol. The predicted octanol–water partition coefficient (Wildman–Crippen LogP) is 6.53. The van der Waals surface area contributed by atoms with Crippen LogP contribution >= 0.6 is 0 Å². The number of unbranched alkanes of at least 4 members (excludes halogenated alkanes) is 2. The summed E-state index contributed by atoms with van der Waals surface area (Å²) in [5.41, 5.74) is -0.0370. The average molecular weight is 516 g/mol. The quantitative estimate of drug-likeness (QED) is 0.259. The largest absolute Gasteiger partial charge is 0.456 e. The summed E-state index contributed by atoms with van der Waals surface area (Å²) in [4.78, 5) is 30.2. The van der Waals surface area contributed by atoms with Gasteiger partial charge in [-0.05, 0) is 57.0 Å². The van der Waals surface area contributed by atoms with E-state index in [0.29, 0.717) is 29.2 Å². The maximum atomic E-state index is 13.2. The molecule has 0 aliphatic heterocycles. The van der Waals surface area contributed by atoms with Gasteiger partial charge in [0.2, 0.25) is 5.95 Å². The van der Waals surface area contributed by atoms with Gasteiger partial charge in [-0.1, -0.05) is 44.0 Å². The van der Waals surface area contributed by atoms with E-state index in [9.17, 15) is 22.8 Å². The number of aromatic nitrogens is 2. The van der Waals surface area contributed by atoms with Gasteiger partial charge < -0.3 is 10.1 Å². The standard InChI is InChI=1S/C28H32F3N3O3/c1-5-6-7-15-32-26-33-23(20-11-13-22(14-12-20)28(29,30)31)17-24(35)34(26)18-19-9-8-10-21(16-19)25(36)37-27(2,3)4/h8-14,16-17H,5-7,15,18H2,1-4H3,(H,32,33). The minimum atomic E-state index is -4.45. The lowest BCUT2D eigenvalue weighted by Gasteiger charge is -2.20. The number of rotatable bonds is 9. The number of hydrogen-bond acceptors (Lipinski definition) is 5. The summed E-state index contributed by atoms with van der Waals surface area (Å²) in [6, 6.07) is 12.7. The van der Waals surface area contributed by atoms with Crippen LogP contribution in [0.5, 0.6) is 0 Å². The Balaban J connectivity index is 1.95. The SMILES string of the molecule is CCCCCNc1nc(-c2ccc(C(F)(F)F)cc2)cc(=O)n1Cc1cccc(C(=O)OC(C)(C)C)c1. The Morgan fingerprint density at radius 1 is 1.03 bits per heavy atom. The van der Waals surface area contributed by atoms with Crippen LogP contribution in [0.3, 0.4) is 0 Å². The van der Waals surface area contributed by atoms with Gasteiger partial charge in [-0.25, -0.2) is 9.78 Å². The van der Waals surface area contributed by atoms with Crippen molar-refractivity contribution in [2.45, 2.75) is 65.3 Å². The van der Waals surface area contributed by atoms with Crippen molar-refractivity contribution < 1.29 is 22.7 Å². The van der Waals surface area contributed by atoms with E-state index in [1.54, 1.807) is 45.0 Å². The van der Waals surface area contributed by atoms with E-state index >= 15 is 0 Å². The summed E-state index contributed by atoms with van der Waals surface area (Å²) in [5.74, 6) is -0.156. The molecular formula is C28H32F3N3O3. The third-order valence-corrected chi connectivity index (χ3v) is 5.48. The number of carbonyl (C=O) groups excluding carboxylic acids is 1. The fourth-order valence-electron chi connectivity index (χ4n) is 3.66. The zero-order chi connectivity index (χ0) is 27.2. The Morgan fingerprint density at radius 3 is 2.35 bits per heavy atom. The summed E-state index contributed by atoms with van der Waals surface area (Å²) in [6.07, 6.45) is -1.57. The maximum absolute atomic E-state index is 13.2. The smallest absolute Gasteiger partial charge is 0.416 e. The molecule has 0 bridgehead atoms. The van der Waals surface area contributed by atoms with Crippen LogP contribution in [-0.2, 0) is 17.5 Å². The first-order valence-electron chi connectivity index (χ1n) is 12.2. The number of carbonyl (C=O) groups is 1. The van der Waals surface area contributed by atoms with E-state index in [-0.39, 0.29) is 17.8 Å². The van der Waals surface area contributed by atoms with Crippen molar-refractivity contribution in [1.29, 1.82) is 0 Å². The zero-order valence-electron chi connectivity index (χ0n) is 21.5. The van der Waals surface area contributed by atoms with E-state index in [4.69, 9.17) is 4.74 Å². The van der Waals surface area contributed by atoms with Crippen LogP contribution in [0.15, 0.2) is 59.4 Å². The monoisotopic (exact) mass is 515 g/mol. The van der Waals surface area contributed by atoms with Gasteiger partial charge in [-0.2, -0.15) is 13.2 Å². The Labute approximate surface area is 214 Å². The highest BCUT2D eigenvalue weighted by Crippen LogP contribution is 2.30. The van der Waals surface area contributed by atoms with Gasteiger partial charge in [0.05, 0.1) is 23.4 Å². The normalized spacial score (nSPS) is 11.9. The number of hydrogen-bond donors (Lipinski definition) is 1. The van der Waals surface area contributed by atoms with Gasteiger partial charge in [0.1, 0.15) is 5.60 Å². The molecule has 37 heavy (non-hydrogen) atoms. The van der Waals surface area contributed by atoms with Gasteiger partial charge in [-0.3, -0.25) is 9.36 Å². The summed E-state index contributed by atoms with van der Waals surface area (Å²) in [7, 11) is 0. The molecule has 0 spiro atoms. The van der Waals surface area contributed by atoms with Crippen LogP contribution < -0.4 is 10.9 Å².